The van der Waals surface area contributed by atoms with E-state index in [0.717, 1.165) is 37.3 Å². The molecule has 1 aromatic carbocycles. The normalized spacial score (nSPS) is 19.2. The molecule has 2 aromatic rings. The van der Waals surface area contributed by atoms with Crippen molar-refractivity contribution in [1.29, 1.82) is 0 Å². The number of hydrogen-bond acceptors (Lipinski definition) is 3. The Balaban J connectivity index is 1.58. The van der Waals surface area contributed by atoms with Gasteiger partial charge in [0.15, 0.2) is 5.69 Å². The quantitative estimate of drug-likeness (QED) is 0.926. The molecule has 2 aliphatic rings. The molecule has 5 heteroatoms. The van der Waals surface area contributed by atoms with Crippen molar-refractivity contribution in [1.82, 2.24) is 15.1 Å². The van der Waals surface area contributed by atoms with E-state index < -0.39 is 0 Å². The highest BCUT2D eigenvalue weighted by atomic mass is 16.5. The van der Waals surface area contributed by atoms with Crippen molar-refractivity contribution in [2.45, 2.75) is 38.8 Å². The zero-order valence-corrected chi connectivity index (χ0v) is 12.6. The van der Waals surface area contributed by atoms with Crippen LogP contribution in [0.3, 0.4) is 0 Å². The maximum Gasteiger partial charge on any atom is 0.272 e. The van der Waals surface area contributed by atoms with Gasteiger partial charge >= 0.3 is 0 Å². The molecule has 22 heavy (non-hydrogen) atoms. The maximum atomic E-state index is 12.6. The first-order valence-corrected chi connectivity index (χ1v) is 7.83. The van der Waals surface area contributed by atoms with Gasteiger partial charge in [0.05, 0.1) is 12.6 Å². The minimum Gasteiger partial charge on any atom is -0.476 e. The molecule has 0 saturated heterocycles. The number of rotatable bonds is 2. The number of nitrogens with zero attached hydrogens (tertiary/aromatic N) is 2. The summed E-state index contributed by atoms with van der Waals surface area (Å²) in [7, 11) is 0. The molecule has 4 rings (SSSR count). The average Bonchev–Trinajstić information content (AvgIpc) is 3.11. The molecule has 5 nitrogen and oxygen atoms in total. The summed E-state index contributed by atoms with van der Waals surface area (Å²) in [5.74, 6) is 0.624. The predicted molar refractivity (Wildman–Crippen MR) is 82.0 cm³/mol. The lowest BCUT2D eigenvalue weighted by atomic mass is 9.87. The molecule has 0 fully saturated rings. The second kappa shape index (κ2) is 5.16. The maximum absolute atomic E-state index is 12.6. The highest BCUT2D eigenvalue weighted by molar-refractivity contribution is 5.94. The molecule has 1 atom stereocenters. The van der Waals surface area contributed by atoms with Crippen LogP contribution in [0.1, 0.15) is 46.1 Å². The van der Waals surface area contributed by atoms with Gasteiger partial charge in [-0.2, -0.15) is 5.10 Å². The van der Waals surface area contributed by atoms with Crippen molar-refractivity contribution < 1.29 is 9.53 Å². The number of fused-ring (bicyclic) bond motifs is 2. The molecule has 1 N–H and O–H groups in total. The number of carbonyl (C=O) groups is 1. The van der Waals surface area contributed by atoms with Gasteiger partial charge in [-0.3, -0.25) is 4.79 Å². The standard InChI is InChI=1S/C17H19N3O2/c1-11-15(19-20-9-10-22-17(11)20)16(21)18-14-8-4-6-12-5-2-3-7-13(12)14/h2-3,5,7,14H,4,6,8-10H2,1H3,(H,18,21). The predicted octanol–water partition coefficient (Wildman–Crippen LogP) is 2.39. The molecule has 1 aliphatic heterocycles. The van der Waals surface area contributed by atoms with Gasteiger partial charge in [-0.1, -0.05) is 24.3 Å². The van der Waals surface area contributed by atoms with Crippen LogP contribution < -0.4 is 10.1 Å². The summed E-state index contributed by atoms with van der Waals surface area (Å²) >= 11 is 0. The molecule has 0 saturated carbocycles. The van der Waals surface area contributed by atoms with Crippen LogP contribution >= 0.6 is 0 Å². The van der Waals surface area contributed by atoms with Crippen LogP contribution in [-0.2, 0) is 13.0 Å². The minimum atomic E-state index is -0.107. The Labute approximate surface area is 129 Å². The number of hydrogen-bond donors (Lipinski definition) is 1. The van der Waals surface area contributed by atoms with Gasteiger partial charge in [-0.15, -0.1) is 0 Å². The molecule has 1 unspecified atom stereocenters. The Kier molecular flexibility index (Phi) is 3.13. The fourth-order valence-electron chi connectivity index (χ4n) is 3.45. The van der Waals surface area contributed by atoms with E-state index in [1.54, 1.807) is 4.68 Å². The summed E-state index contributed by atoms with van der Waals surface area (Å²) < 4.78 is 7.30. The molecule has 0 bridgehead atoms. The number of ether oxygens (including phenoxy) is 1. The van der Waals surface area contributed by atoms with Crippen molar-refractivity contribution >= 4 is 5.91 Å². The average molecular weight is 297 g/mol. The summed E-state index contributed by atoms with van der Waals surface area (Å²) in [6.07, 6.45) is 3.17. The Morgan fingerprint density at radius 3 is 3.14 bits per heavy atom. The zero-order valence-electron chi connectivity index (χ0n) is 12.6. The molecule has 114 valence electrons. The Morgan fingerprint density at radius 1 is 1.41 bits per heavy atom. The van der Waals surface area contributed by atoms with E-state index in [2.05, 4.69) is 28.6 Å². The van der Waals surface area contributed by atoms with Crippen LogP contribution in [-0.4, -0.2) is 22.3 Å². The Bertz CT molecular complexity index is 736. The van der Waals surface area contributed by atoms with E-state index in [0.29, 0.717) is 12.3 Å². The van der Waals surface area contributed by atoms with Gasteiger partial charge in [0.25, 0.3) is 5.91 Å². The zero-order chi connectivity index (χ0) is 15.1. The summed E-state index contributed by atoms with van der Waals surface area (Å²) in [5, 5.41) is 7.54. The molecule has 0 radical (unpaired) electrons. The number of aryl methyl sites for hydroxylation is 1. The van der Waals surface area contributed by atoms with Crippen molar-refractivity contribution in [3.63, 3.8) is 0 Å². The van der Waals surface area contributed by atoms with Gasteiger partial charge < -0.3 is 10.1 Å². The highest BCUT2D eigenvalue weighted by Crippen LogP contribution is 2.30. The number of carbonyl (C=O) groups excluding carboxylic acids is 1. The number of aromatic nitrogens is 2. The topological polar surface area (TPSA) is 56.2 Å². The largest absolute Gasteiger partial charge is 0.476 e. The van der Waals surface area contributed by atoms with Crippen LogP contribution in [0.5, 0.6) is 5.88 Å². The molecule has 1 aromatic heterocycles. The van der Waals surface area contributed by atoms with Gasteiger partial charge in [-0.05, 0) is 37.3 Å². The molecule has 1 aliphatic carbocycles. The second-order valence-corrected chi connectivity index (χ2v) is 5.97. The van der Waals surface area contributed by atoms with Crippen LogP contribution in [0, 0.1) is 6.92 Å². The third-order valence-corrected chi connectivity index (χ3v) is 4.56. The Hall–Kier alpha value is -2.30. The SMILES string of the molecule is Cc1c(C(=O)NC2CCCc3ccccc32)nn2c1OCC2. The summed E-state index contributed by atoms with van der Waals surface area (Å²) in [5.41, 5.74) is 3.89. The monoisotopic (exact) mass is 297 g/mol. The minimum absolute atomic E-state index is 0.0781. The van der Waals surface area contributed by atoms with Crippen LogP contribution in [0.25, 0.3) is 0 Å². The van der Waals surface area contributed by atoms with E-state index in [4.69, 9.17) is 4.74 Å². The third kappa shape index (κ3) is 2.08. The van der Waals surface area contributed by atoms with Crippen molar-refractivity contribution in [3.05, 3.63) is 46.6 Å². The van der Waals surface area contributed by atoms with Gasteiger partial charge in [0.2, 0.25) is 5.88 Å². The van der Waals surface area contributed by atoms with Gasteiger partial charge in [-0.25, -0.2) is 4.68 Å². The smallest absolute Gasteiger partial charge is 0.272 e. The molecular formula is C17H19N3O2. The molecule has 1 amide bonds. The van der Waals surface area contributed by atoms with E-state index >= 15 is 0 Å². The van der Waals surface area contributed by atoms with Crippen molar-refractivity contribution in [2.24, 2.45) is 0 Å². The van der Waals surface area contributed by atoms with Crippen molar-refractivity contribution in [2.75, 3.05) is 6.61 Å². The lowest BCUT2D eigenvalue weighted by Crippen LogP contribution is -2.31. The molecular weight excluding hydrogens is 278 g/mol. The summed E-state index contributed by atoms with van der Waals surface area (Å²) in [6, 6.07) is 8.44. The van der Waals surface area contributed by atoms with Gasteiger partial charge in [0.1, 0.15) is 6.61 Å². The first-order valence-electron chi connectivity index (χ1n) is 7.83. The molecule has 0 spiro atoms. The number of benzene rings is 1. The fourth-order valence-corrected chi connectivity index (χ4v) is 3.45. The third-order valence-electron chi connectivity index (χ3n) is 4.56. The van der Waals surface area contributed by atoms with Crippen LogP contribution in [0.2, 0.25) is 0 Å². The van der Waals surface area contributed by atoms with Gasteiger partial charge in [0, 0.05) is 5.56 Å². The van der Waals surface area contributed by atoms with E-state index in [9.17, 15) is 4.79 Å². The summed E-state index contributed by atoms with van der Waals surface area (Å²) in [4.78, 5) is 12.6. The first-order chi connectivity index (χ1) is 10.7. The molecule has 2 heterocycles. The lowest BCUT2D eigenvalue weighted by Gasteiger charge is -2.26. The number of nitrogens with one attached hydrogen (secondary N) is 1. The highest BCUT2D eigenvalue weighted by Gasteiger charge is 2.27. The van der Waals surface area contributed by atoms with E-state index in [-0.39, 0.29) is 11.9 Å². The van der Waals surface area contributed by atoms with Crippen LogP contribution in [0.15, 0.2) is 24.3 Å². The fraction of sp³-hybridized carbons (Fsp3) is 0.412. The Morgan fingerprint density at radius 2 is 2.27 bits per heavy atom. The van der Waals surface area contributed by atoms with E-state index in [1.807, 2.05) is 13.0 Å². The number of amides is 1. The summed E-state index contributed by atoms with van der Waals surface area (Å²) in [6.45, 7) is 3.25. The van der Waals surface area contributed by atoms with Crippen LogP contribution in [0.4, 0.5) is 0 Å². The second-order valence-electron chi connectivity index (χ2n) is 5.97. The van der Waals surface area contributed by atoms with E-state index in [1.165, 1.54) is 11.1 Å². The first kappa shape index (κ1) is 13.4. The van der Waals surface area contributed by atoms with Crippen molar-refractivity contribution in [3.8, 4) is 5.88 Å². The lowest BCUT2D eigenvalue weighted by molar-refractivity contribution is 0.0926.